The lowest BCUT2D eigenvalue weighted by atomic mass is 10.1. The van der Waals surface area contributed by atoms with Crippen LogP contribution in [-0.4, -0.2) is 32.1 Å². The van der Waals surface area contributed by atoms with E-state index in [4.69, 9.17) is 0 Å². The number of aryl methyl sites for hydroxylation is 3. The summed E-state index contributed by atoms with van der Waals surface area (Å²) >= 11 is 1.02. The molecule has 0 bridgehead atoms. The Kier molecular flexibility index (Phi) is 6.09. The molecule has 5 nitrogen and oxygen atoms in total. The number of amides is 2. The maximum absolute atomic E-state index is 12.9. The van der Waals surface area contributed by atoms with Crippen LogP contribution >= 0.6 is 11.8 Å². The fourth-order valence-electron chi connectivity index (χ4n) is 3.80. The van der Waals surface area contributed by atoms with Crippen molar-refractivity contribution in [2.75, 3.05) is 6.54 Å². The van der Waals surface area contributed by atoms with Crippen LogP contribution in [0.15, 0.2) is 59.6 Å². The summed E-state index contributed by atoms with van der Waals surface area (Å²) in [5, 5.41) is -0.196. The Labute approximate surface area is 186 Å². The maximum atomic E-state index is 12.9. The molecule has 1 aromatic carbocycles. The number of pyridine rings is 1. The molecule has 3 heterocycles. The van der Waals surface area contributed by atoms with Crippen molar-refractivity contribution in [2.45, 2.75) is 33.6 Å². The van der Waals surface area contributed by atoms with Crippen LogP contribution in [0.4, 0.5) is 4.79 Å². The first-order chi connectivity index (χ1) is 14.9. The third-order valence-corrected chi connectivity index (χ3v) is 6.35. The Morgan fingerprint density at radius 2 is 1.81 bits per heavy atom. The van der Waals surface area contributed by atoms with E-state index in [1.54, 1.807) is 0 Å². The summed E-state index contributed by atoms with van der Waals surface area (Å²) < 4.78 is 2.06. The summed E-state index contributed by atoms with van der Waals surface area (Å²) in [6.07, 6.45) is 5.26. The van der Waals surface area contributed by atoms with Crippen LogP contribution in [0.5, 0.6) is 0 Å². The van der Waals surface area contributed by atoms with Gasteiger partial charge in [-0.1, -0.05) is 36.4 Å². The Morgan fingerprint density at radius 3 is 2.52 bits per heavy atom. The predicted molar refractivity (Wildman–Crippen MR) is 125 cm³/mol. The highest BCUT2D eigenvalue weighted by atomic mass is 32.2. The highest BCUT2D eigenvalue weighted by molar-refractivity contribution is 8.18. The zero-order chi connectivity index (χ0) is 22.0. The second-order valence-corrected chi connectivity index (χ2v) is 8.77. The van der Waals surface area contributed by atoms with Crippen LogP contribution in [0.3, 0.4) is 0 Å². The first kappa shape index (κ1) is 21.1. The van der Waals surface area contributed by atoms with Crippen molar-refractivity contribution in [1.29, 1.82) is 0 Å². The number of hydrogen-bond acceptors (Lipinski definition) is 4. The van der Waals surface area contributed by atoms with Crippen molar-refractivity contribution in [1.82, 2.24) is 14.5 Å². The van der Waals surface area contributed by atoms with Gasteiger partial charge in [0.05, 0.1) is 4.91 Å². The van der Waals surface area contributed by atoms with E-state index in [0.29, 0.717) is 11.4 Å². The molecule has 0 atom stereocenters. The van der Waals surface area contributed by atoms with Crippen LogP contribution in [0.1, 0.15) is 34.5 Å². The lowest BCUT2D eigenvalue weighted by Crippen LogP contribution is -2.29. The Hall–Kier alpha value is -3.12. The molecule has 3 aromatic rings. The molecule has 4 rings (SSSR count). The van der Waals surface area contributed by atoms with Gasteiger partial charge in [-0.25, -0.2) is 4.98 Å². The highest BCUT2D eigenvalue weighted by Crippen LogP contribution is 2.33. The first-order valence-electron chi connectivity index (χ1n) is 10.4. The molecule has 1 aliphatic rings. The molecular weight excluding hydrogens is 406 g/mol. The molecule has 6 heteroatoms. The number of aromatic nitrogens is 2. The molecule has 0 unspecified atom stereocenters. The number of rotatable bonds is 6. The smallest absolute Gasteiger partial charge is 0.293 e. The van der Waals surface area contributed by atoms with E-state index in [9.17, 15) is 9.59 Å². The van der Waals surface area contributed by atoms with Crippen molar-refractivity contribution in [3.05, 3.63) is 87.7 Å². The molecule has 1 aliphatic heterocycles. The van der Waals surface area contributed by atoms with Crippen molar-refractivity contribution < 1.29 is 9.59 Å². The number of benzene rings is 1. The van der Waals surface area contributed by atoms with Crippen molar-refractivity contribution in [2.24, 2.45) is 0 Å². The van der Waals surface area contributed by atoms with E-state index in [-0.39, 0.29) is 11.1 Å². The van der Waals surface area contributed by atoms with Gasteiger partial charge in [0.2, 0.25) is 0 Å². The van der Waals surface area contributed by atoms with E-state index in [2.05, 4.69) is 21.7 Å². The SMILES string of the molecule is Cc1ccc(-n2c(C)cc(/C=C3/SC(=O)N(CCCc4ccccc4)C3=O)c2C)nc1. The third kappa shape index (κ3) is 4.49. The van der Waals surface area contributed by atoms with Gasteiger partial charge in [-0.3, -0.25) is 14.5 Å². The van der Waals surface area contributed by atoms with Crippen molar-refractivity contribution >= 4 is 29.0 Å². The molecule has 1 saturated heterocycles. The molecular formula is C25H25N3O2S. The fourth-order valence-corrected chi connectivity index (χ4v) is 4.65. The normalized spacial score (nSPS) is 15.3. The van der Waals surface area contributed by atoms with E-state index in [1.165, 1.54) is 10.5 Å². The summed E-state index contributed by atoms with van der Waals surface area (Å²) in [7, 11) is 0. The van der Waals surface area contributed by atoms with Crippen LogP contribution in [0, 0.1) is 20.8 Å². The largest absolute Gasteiger partial charge is 0.303 e. The summed E-state index contributed by atoms with van der Waals surface area (Å²) in [4.78, 5) is 31.7. The summed E-state index contributed by atoms with van der Waals surface area (Å²) in [6.45, 7) is 6.46. The van der Waals surface area contributed by atoms with Crippen molar-refractivity contribution in [3.8, 4) is 5.82 Å². The molecule has 0 spiro atoms. The monoisotopic (exact) mass is 431 g/mol. The highest BCUT2D eigenvalue weighted by Gasteiger charge is 2.34. The molecule has 2 aromatic heterocycles. The minimum absolute atomic E-state index is 0.196. The molecule has 1 fully saturated rings. The quantitative estimate of drug-likeness (QED) is 0.486. The maximum Gasteiger partial charge on any atom is 0.293 e. The van der Waals surface area contributed by atoms with Gasteiger partial charge in [0, 0.05) is 24.1 Å². The number of thioether (sulfide) groups is 1. The average molecular weight is 432 g/mol. The van der Waals surface area contributed by atoms with E-state index < -0.39 is 0 Å². The van der Waals surface area contributed by atoms with Gasteiger partial charge in [0.1, 0.15) is 5.82 Å². The summed E-state index contributed by atoms with van der Waals surface area (Å²) in [5.41, 5.74) is 5.26. The third-order valence-electron chi connectivity index (χ3n) is 5.45. The topological polar surface area (TPSA) is 55.2 Å². The van der Waals surface area contributed by atoms with Gasteiger partial charge in [-0.05, 0) is 80.3 Å². The van der Waals surface area contributed by atoms with E-state index in [1.807, 2.05) is 69.4 Å². The number of carbonyl (C=O) groups is 2. The summed E-state index contributed by atoms with van der Waals surface area (Å²) in [6, 6.07) is 16.2. The van der Waals surface area contributed by atoms with Gasteiger partial charge >= 0.3 is 0 Å². The van der Waals surface area contributed by atoms with Crippen LogP contribution < -0.4 is 0 Å². The number of nitrogens with zero attached hydrogens (tertiary/aromatic N) is 3. The van der Waals surface area contributed by atoms with Gasteiger partial charge in [0.15, 0.2) is 0 Å². The number of carbonyl (C=O) groups excluding carboxylic acids is 2. The molecule has 0 aliphatic carbocycles. The van der Waals surface area contributed by atoms with E-state index >= 15 is 0 Å². The van der Waals surface area contributed by atoms with Crippen LogP contribution in [0.25, 0.3) is 11.9 Å². The van der Waals surface area contributed by atoms with Crippen molar-refractivity contribution in [3.63, 3.8) is 0 Å². The second-order valence-electron chi connectivity index (χ2n) is 7.78. The average Bonchev–Trinajstić information content (AvgIpc) is 3.19. The van der Waals surface area contributed by atoms with E-state index in [0.717, 1.165) is 52.9 Å². The number of imide groups is 1. The van der Waals surface area contributed by atoms with Gasteiger partial charge in [0.25, 0.3) is 11.1 Å². The molecule has 0 N–H and O–H groups in total. The minimum Gasteiger partial charge on any atom is -0.303 e. The predicted octanol–water partition coefficient (Wildman–Crippen LogP) is 5.47. The first-order valence-corrected chi connectivity index (χ1v) is 11.2. The molecule has 31 heavy (non-hydrogen) atoms. The standard InChI is InChI=1S/C25H25N3O2S/c1-17-11-12-23(26-16-17)28-18(2)14-21(19(28)3)15-22-24(29)27(25(30)31-22)13-7-10-20-8-5-4-6-9-20/h4-6,8-9,11-12,14-16H,7,10,13H2,1-3H3/b22-15+. The second kappa shape index (κ2) is 8.94. The molecule has 0 saturated carbocycles. The Morgan fingerprint density at radius 1 is 1.03 bits per heavy atom. The Balaban J connectivity index is 1.50. The molecule has 2 amide bonds. The number of hydrogen-bond donors (Lipinski definition) is 0. The van der Waals surface area contributed by atoms with Crippen LogP contribution in [-0.2, 0) is 11.2 Å². The van der Waals surface area contributed by atoms with Crippen LogP contribution in [0.2, 0.25) is 0 Å². The zero-order valence-electron chi connectivity index (χ0n) is 18.0. The van der Waals surface area contributed by atoms with Gasteiger partial charge in [-0.2, -0.15) is 0 Å². The zero-order valence-corrected chi connectivity index (χ0v) is 18.8. The lowest BCUT2D eigenvalue weighted by molar-refractivity contribution is -0.122. The molecule has 0 radical (unpaired) electrons. The van der Waals surface area contributed by atoms with Gasteiger partial charge in [-0.15, -0.1) is 0 Å². The Bertz CT molecular complexity index is 1150. The lowest BCUT2D eigenvalue weighted by Gasteiger charge is -2.12. The summed E-state index contributed by atoms with van der Waals surface area (Å²) in [5.74, 6) is 0.635. The van der Waals surface area contributed by atoms with Gasteiger partial charge < -0.3 is 4.57 Å². The molecule has 158 valence electrons. The minimum atomic E-state index is -0.207. The fraction of sp³-hybridized carbons (Fsp3) is 0.240.